The second-order valence-corrected chi connectivity index (χ2v) is 8.07. The minimum atomic E-state index is -1.11. The first-order valence-electron chi connectivity index (χ1n) is 12.0. The molecule has 3 N–H and O–H groups in total. The Hall–Kier alpha value is -4.34. The molecule has 0 saturated heterocycles. The molecule has 2 rings (SSSR count). The first kappa shape index (κ1) is 34.7. The molecule has 0 saturated carbocycles. The van der Waals surface area contributed by atoms with Crippen molar-refractivity contribution in [3.8, 4) is 0 Å². The van der Waals surface area contributed by atoms with Crippen LogP contribution in [0.25, 0.3) is 6.08 Å². The lowest BCUT2D eigenvalue weighted by Crippen LogP contribution is -2.22. The van der Waals surface area contributed by atoms with Crippen molar-refractivity contribution in [2.45, 2.75) is 38.7 Å². The number of carboxylic acids is 1. The lowest BCUT2D eigenvalue weighted by Gasteiger charge is -2.09. The van der Waals surface area contributed by atoms with Crippen molar-refractivity contribution in [1.29, 1.82) is 0 Å². The summed E-state index contributed by atoms with van der Waals surface area (Å²) in [7, 11) is 0. The van der Waals surface area contributed by atoms with Crippen molar-refractivity contribution in [2.24, 2.45) is 0 Å². The molecule has 2 aromatic rings. The monoisotopic (exact) mass is 540 g/mol. The first-order chi connectivity index (χ1) is 18.5. The second kappa shape index (κ2) is 20.7. The summed E-state index contributed by atoms with van der Waals surface area (Å²) < 4.78 is 9.02. The molecule has 210 valence electrons. The molecule has 0 amide bonds. The maximum atomic E-state index is 11.5. The van der Waals surface area contributed by atoms with Crippen LogP contribution in [0.4, 0.5) is 0 Å². The van der Waals surface area contributed by atoms with E-state index in [9.17, 15) is 19.2 Å². The van der Waals surface area contributed by atoms with Gasteiger partial charge >= 0.3 is 23.9 Å². The van der Waals surface area contributed by atoms with Gasteiger partial charge in [-0.3, -0.25) is 9.59 Å². The molecule has 9 nitrogen and oxygen atoms in total. The van der Waals surface area contributed by atoms with E-state index in [-0.39, 0.29) is 25.0 Å². The van der Waals surface area contributed by atoms with Gasteiger partial charge in [0.25, 0.3) is 0 Å². The minimum absolute atomic E-state index is 0.101. The van der Waals surface area contributed by atoms with Crippen LogP contribution in [0.3, 0.4) is 0 Å². The number of aliphatic carboxylic acids is 1. The van der Waals surface area contributed by atoms with Gasteiger partial charge in [0.05, 0.1) is 19.4 Å². The van der Waals surface area contributed by atoms with E-state index in [0.717, 1.165) is 12.0 Å². The first-order valence-corrected chi connectivity index (χ1v) is 12.0. The maximum Gasteiger partial charge on any atom is 0.340 e. The Kier molecular flexibility index (Phi) is 18.4. The number of hydrogen-bond donors (Lipinski definition) is 3. The standard InChI is InChI=1S/C14H18O4.C8H10O5.C8H8/c1-11(14(17)18-10-13(16)9-15)7-8-12-5-3-2-4-6-12;1-5(2)8(12)13-7(11)4-3-6(9)10;1-2-8-6-4-3-5-7-8/h2-6,13,15-16H,1,7-10H2;1,3-4H2,2H3,(H,9,10);2-7H,1H2. The fraction of sp³-hybridized carbons (Fsp3) is 0.267. The van der Waals surface area contributed by atoms with Crippen LogP contribution < -0.4 is 0 Å². The van der Waals surface area contributed by atoms with Gasteiger partial charge < -0.3 is 24.8 Å². The average molecular weight is 541 g/mol. The van der Waals surface area contributed by atoms with Crippen LogP contribution >= 0.6 is 0 Å². The summed E-state index contributed by atoms with van der Waals surface area (Å²) in [5.74, 6) is -3.32. The van der Waals surface area contributed by atoms with Crippen molar-refractivity contribution in [1.82, 2.24) is 0 Å². The molecule has 9 heteroatoms. The highest BCUT2D eigenvalue weighted by Crippen LogP contribution is 2.09. The van der Waals surface area contributed by atoms with Gasteiger partial charge in [-0.1, -0.05) is 86.5 Å². The molecule has 0 radical (unpaired) electrons. The van der Waals surface area contributed by atoms with Gasteiger partial charge in [-0.05, 0) is 30.9 Å². The van der Waals surface area contributed by atoms with E-state index in [1.54, 1.807) is 0 Å². The highest BCUT2D eigenvalue weighted by molar-refractivity contribution is 5.95. The zero-order valence-corrected chi connectivity index (χ0v) is 22.1. The highest BCUT2D eigenvalue weighted by Gasteiger charge is 2.12. The number of rotatable bonds is 12. The maximum absolute atomic E-state index is 11.5. The Morgan fingerprint density at radius 1 is 0.897 bits per heavy atom. The zero-order chi connectivity index (χ0) is 29.6. The lowest BCUT2D eigenvalue weighted by atomic mass is 10.1. The Balaban J connectivity index is 0.000000599. The Morgan fingerprint density at radius 2 is 1.46 bits per heavy atom. The van der Waals surface area contributed by atoms with E-state index in [1.807, 2.05) is 66.7 Å². The molecular formula is C30H36O9. The molecule has 0 aliphatic heterocycles. The molecule has 0 aliphatic carbocycles. The van der Waals surface area contributed by atoms with Crippen molar-refractivity contribution in [3.63, 3.8) is 0 Å². The number of carboxylic acid groups (broad SMARTS) is 1. The lowest BCUT2D eigenvalue weighted by molar-refractivity contribution is -0.158. The number of aryl methyl sites for hydroxylation is 1. The van der Waals surface area contributed by atoms with Gasteiger partial charge in [-0.15, -0.1) is 0 Å². The summed E-state index contributed by atoms with van der Waals surface area (Å²) in [4.78, 5) is 42.9. The van der Waals surface area contributed by atoms with Crippen LogP contribution in [0, 0.1) is 0 Å². The topological polar surface area (TPSA) is 147 Å². The number of ether oxygens (including phenoxy) is 2. The van der Waals surface area contributed by atoms with Crippen molar-refractivity contribution >= 4 is 30.0 Å². The average Bonchev–Trinajstić information content (AvgIpc) is 2.94. The van der Waals surface area contributed by atoms with E-state index in [1.165, 1.54) is 12.5 Å². The second-order valence-electron chi connectivity index (χ2n) is 8.07. The zero-order valence-electron chi connectivity index (χ0n) is 22.1. The Bertz CT molecular complexity index is 1080. The fourth-order valence-corrected chi connectivity index (χ4v) is 2.41. The third-order valence-corrected chi connectivity index (χ3v) is 4.60. The number of benzene rings is 2. The van der Waals surface area contributed by atoms with Gasteiger partial charge in [0.2, 0.25) is 0 Å². The number of carbonyl (C=O) groups is 4. The molecule has 1 atom stereocenters. The largest absolute Gasteiger partial charge is 0.481 e. The third-order valence-electron chi connectivity index (χ3n) is 4.60. The Morgan fingerprint density at radius 3 is 1.92 bits per heavy atom. The van der Waals surface area contributed by atoms with Crippen LogP contribution in [-0.2, 0) is 35.1 Å². The number of carbonyl (C=O) groups excluding carboxylic acids is 3. The van der Waals surface area contributed by atoms with E-state index >= 15 is 0 Å². The molecule has 0 spiro atoms. The van der Waals surface area contributed by atoms with E-state index in [2.05, 4.69) is 24.5 Å². The third kappa shape index (κ3) is 18.5. The molecular weight excluding hydrogens is 504 g/mol. The number of hydrogen-bond acceptors (Lipinski definition) is 8. The van der Waals surface area contributed by atoms with Crippen molar-refractivity contribution < 1.29 is 44.0 Å². The van der Waals surface area contributed by atoms with Crippen LogP contribution in [0.15, 0.2) is 91.5 Å². The number of aliphatic hydroxyl groups is 2. The summed E-state index contributed by atoms with van der Waals surface area (Å²) in [6.07, 6.45) is 1.38. The van der Waals surface area contributed by atoms with E-state index < -0.39 is 36.6 Å². The quantitative estimate of drug-likeness (QED) is 0.207. The predicted octanol–water partition coefficient (Wildman–Crippen LogP) is 3.90. The highest BCUT2D eigenvalue weighted by atomic mass is 16.6. The molecule has 1 unspecified atom stereocenters. The molecule has 0 heterocycles. The van der Waals surface area contributed by atoms with Gasteiger partial charge in [0.15, 0.2) is 0 Å². The predicted molar refractivity (Wildman–Crippen MR) is 147 cm³/mol. The molecule has 0 bridgehead atoms. The van der Waals surface area contributed by atoms with Crippen LogP contribution in [-0.4, -0.2) is 58.5 Å². The van der Waals surface area contributed by atoms with Gasteiger partial charge in [-0.2, -0.15) is 0 Å². The van der Waals surface area contributed by atoms with Gasteiger partial charge in [-0.25, -0.2) is 9.59 Å². The molecule has 39 heavy (non-hydrogen) atoms. The SMILES string of the molecule is C=C(C)C(=O)OC(=O)CCC(=O)O.C=C(CCc1ccccc1)C(=O)OCC(O)CO.C=Cc1ccccc1. The van der Waals surface area contributed by atoms with Crippen LogP contribution in [0.5, 0.6) is 0 Å². The van der Waals surface area contributed by atoms with Crippen LogP contribution in [0.2, 0.25) is 0 Å². The number of esters is 3. The van der Waals surface area contributed by atoms with E-state index in [4.69, 9.17) is 20.1 Å². The summed E-state index contributed by atoms with van der Waals surface area (Å²) in [5, 5.41) is 25.8. The molecule has 0 aromatic heterocycles. The van der Waals surface area contributed by atoms with Gasteiger partial charge in [0, 0.05) is 11.1 Å². The van der Waals surface area contributed by atoms with Crippen molar-refractivity contribution in [3.05, 3.63) is 103 Å². The normalized spacial score (nSPS) is 10.2. The summed E-state index contributed by atoms with van der Waals surface area (Å²) >= 11 is 0. The fourth-order valence-electron chi connectivity index (χ4n) is 2.41. The smallest absolute Gasteiger partial charge is 0.340 e. The Labute approximate surface area is 228 Å². The van der Waals surface area contributed by atoms with E-state index in [0.29, 0.717) is 12.0 Å². The summed E-state index contributed by atoms with van der Waals surface area (Å²) in [5.41, 5.74) is 2.77. The number of aliphatic hydroxyl groups excluding tert-OH is 2. The van der Waals surface area contributed by atoms with Gasteiger partial charge in [0.1, 0.15) is 12.7 Å². The summed E-state index contributed by atoms with van der Waals surface area (Å²) in [6, 6.07) is 19.8. The van der Waals surface area contributed by atoms with Crippen LogP contribution in [0.1, 0.15) is 37.3 Å². The molecule has 0 fully saturated rings. The summed E-state index contributed by atoms with van der Waals surface area (Å²) in [6.45, 7) is 11.3. The van der Waals surface area contributed by atoms with Crippen molar-refractivity contribution in [2.75, 3.05) is 13.2 Å². The molecule has 2 aromatic carbocycles. The molecule has 0 aliphatic rings. The minimum Gasteiger partial charge on any atom is -0.481 e.